The predicted octanol–water partition coefficient (Wildman–Crippen LogP) is 2.76. The largest absolute Gasteiger partial charge is 0.396 e. The van der Waals surface area contributed by atoms with E-state index in [0.717, 1.165) is 0 Å². The molecule has 3 N–H and O–H groups in total. The first kappa shape index (κ1) is 11.8. The number of nitrogens with zero attached hydrogens (tertiary/aromatic N) is 1. The molecule has 0 saturated carbocycles. The van der Waals surface area contributed by atoms with Gasteiger partial charge in [0.25, 0.3) is 5.91 Å². The van der Waals surface area contributed by atoms with Gasteiger partial charge in [0.05, 0.1) is 15.7 Å². The summed E-state index contributed by atoms with van der Waals surface area (Å²) in [7, 11) is 0. The molecule has 88 valence electrons. The first-order chi connectivity index (χ1) is 8.08. The van der Waals surface area contributed by atoms with Crippen LogP contribution >= 0.6 is 23.2 Å². The lowest BCUT2D eigenvalue weighted by molar-refractivity contribution is 0.101. The summed E-state index contributed by atoms with van der Waals surface area (Å²) in [6.45, 7) is 0. The average molecular weight is 270 g/mol. The van der Waals surface area contributed by atoms with Gasteiger partial charge >= 0.3 is 0 Å². The van der Waals surface area contributed by atoms with Crippen LogP contribution in [-0.4, -0.2) is 10.6 Å². The molecule has 0 aliphatic carbocycles. The molecule has 1 aromatic heterocycles. The molecule has 0 bridgehead atoms. The van der Waals surface area contributed by atoms with E-state index in [1.807, 2.05) is 0 Å². The Morgan fingerprint density at radius 3 is 2.24 bits per heavy atom. The van der Waals surface area contributed by atoms with Crippen molar-refractivity contribution in [3.8, 4) is 0 Å². The molecule has 1 heterocycles. The Bertz CT molecular complexity index is 529. The van der Waals surface area contributed by atoms with E-state index in [2.05, 4.69) is 5.43 Å². The van der Waals surface area contributed by atoms with Crippen molar-refractivity contribution in [3.63, 3.8) is 0 Å². The Hall–Kier alpha value is -1.65. The second kappa shape index (κ2) is 4.69. The molecule has 0 fully saturated rings. The van der Waals surface area contributed by atoms with Gasteiger partial charge in [0.15, 0.2) is 0 Å². The summed E-state index contributed by atoms with van der Waals surface area (Å²) in [6, 6.07) is 6.54. The number of nitrogens with two attached hydrogens (primary N) is 1. The van der Waals surface area contributed by atoms with Crippen LogP contribution in [0.1, 0.15) is 10.4 Å². The second-order valence-corrected chi connectivity index (χ2v) is 4.20. The quantitative estimate of drug-likeness (QED) is 0.824. The third-order valence-corrected chi connectivity index (χ3v) is 2.80. The van der Waals surface area contributed by atoms with Gasteiger partial charge in [0.2, 0.25) is 0 Å². The number of halogens is 2. The van der Waals surface area contributed by atoms with Crippen molar-refractivity contribution in [1.29, 1.82) is 0 Å². The molecule has 4 nitrogen and oxygen atoms in total. The molecule has 1 amide bonds. The van der Waals surface area contributed by atoms with Crippen LogP contribution in [0.15, 0.2) is 36.7 Å². The zero-order chi connectivity index (χ0) is 12.4. The Kier molecular flexibility index (Phi) is 3.26. The zero-order valence-corrected chi connectivity index (χ0v) is 10.2. The maximum Gasteiger partial charge on any atom is 0.270 e. The molecule has 0 atom stereocenters. The van der Waals surface area contributed by atoms with E-state index in [-0.39, 0.29) is 21.6 Å². The second-order valence-electron chi connectivity index (χ2n) is 3.38. The first-order valence-corrected chi connectivity index (χ1v) is 5.52. The summed E-state index contributed by atoms with van der Waals surface area (Å²) in [5.41, 5.74) is 8.84. The molecule has 6 heteroatoms. The zero-order valence-electron chi connectivity index (χ0n) is 8.65. The van der Waals surface area contributed by atoms with Crippen molar-refractivity contribution >= 4 is 34.8 Å². The van der Waals surface area contributed by atoms with Crippen LogP contribution in [0.25, 0.3) is 0 Å². The maximum absolute atomic E-state index is 11.8. The minimum atomic E-state index is -0.315. The highest BCUT2D eigenvalue weighted by Gasteiger charge is 2.11. The van der Waals surface area contributed by atoms with Gasteiger partial charge in [-0.3, -0.25) is 14.9 Å². The van der Waals surface area contributed by atoms with Gasteiger partial charge < -0.3 is 5.73 Å². The van der Waals surface area contributed by atoms with Crippen LogP contribution in [0.5, 0.6) is 0 Å². The lowest BCUT2D eigenvalue weighted by atomic mass is 10.2. The summed E-state index contributed by atoms with van der Waals surface area (Å²) in [6.07, 6.45) is 3.41. The number of nitrogen functional groups attached to an aromatic ring is 1. The minimum Gasteiger partial charge on any atom is -0.396 e. The number of nitrogens with one attached hydrogen (secondary N) is 1. The number of hydrogen-bond donors (Lipinski definition) is 2. The van der Waals surface area contributed by atoms with Crippen LogP contribution in [0, 0.1) is 0 Å². The third-order valence-electron chi connectivity index (χ3n) is 2.18. The molecule has 0 aliphatic heterocycles. The summed E-state index contributed by atoms with van der Waals surface area (Å²) in [5, 5.41) is 0.519. The fourth-order valence-electron chi connectivity index (χ4n) is 1.31. The van der Waals surface area contributed by atoms with E-state index in [0.29, 0.717) is 5.56 Å². The minimum absolute atomic E-state index is 0.259. The maximum atomic E-state index is 11.8. The molecule has 2 rings (SSSR count). The number of amides is 1. The van der Waals surface area contributed by atoms with E-state index in [4.69, 9.17) is 28.9 Å². The number of anilines is 1. The van der Waals surface area contributed by atoms with E-state index in [1.54, 1.807) is 24.5 Å². The first-order valence-electron chi connectivity index (χ1n) is 4.77. The van der Waals surface area contributed by atoms with Crippen LogP contribution in [0.2, 0.25) is 10.0 Å². The summed E-state index contributed by atoms with van der Waals surface area (Å²) < 4.78 is 1.53. The van der Waals surface area contributed by atoms with Gasteiger partial charge in [-0.2, -0.15) is 0 Å². The summed E-state index contributed by atoms with van der Waals surface area (Å²) in [4.78, 5) is 11.8. The van der Waals surface area contributed by atoms with Crippen LogP contribution in [-0.2, 0) is 0 Å². The summed E-state index contributed by atoms with van der Waals surface area (Å²) in [5.74, 6) is -0.315. The van der Waals surface area contributed by atoms with E-state index in [9.17, 15) is 4.79 Å². The molecule has 0 saturated heterocycles. The van der Waals surface area contributed by atoms with Crippen molar-refractivity contribution in [2.24, 2.45) is 0 Å². The van der Waals surface area contributed by atoms with Crippen LogP contribution < -0.4 is 11.2 Å². The fraction of sp³-hybridized carbons (Fsp3) is 0. The highest BCUT2D eigenvalue weighted by Crippen LogP contribution is 2.28. The topological polar surface area (TPSA) is 60.1 Å². The van der Waals surface area contributed by atoms with Crippen molar-refractivity contribution in [1.82, 2.24) is 4.68 Å². The number of aromatic nitrogens is 1. The third kappa shape index (κ3) is 2.54. The van der Waals surface area contributed by atoms with Gasteiger partial charge in [-0.15, -0.1) is 0 Å². The molecule has 2 aromatic rings. The van der Waals surface area contributed by atoms with Crippen molar-refractivity contribution in [2.45, 2.75) is 0 Å². The number of rotatable bonds is 2. The highest BCUT2D eigenvalue weighted by atomic mass is 35.5. The van der Waals surface area contributed by atoms with Gasteiger partial charge in [-0.05, 0) is 24.3 Å². The predicted molar refractivity (Wildman–Crippen MR) is 69.0 cm³/mol. The molecule has 17 heavy (non-hydrogen) atoms. The molecule has 0 radical (unpaired) electrons. The number of carbonyl (C=O) groups is 1. The normalized spacial score (nSPS) is 10.2. The standard InChI is InChI=1S/C11H9Cl2N3O/c12-8-5-7(6-9(13)10(8)14)11(17)15-16-3-1-2-4-16/h1-6H,14H2,(H,15,17). The van der Waals surface area contributed by atoms with E-state index < -0.39 is 0 Å². The van der Waals surface area contributed by atoms with E-state index in [1.165, 1.54) is 16.8 Å². The lowest BCUT2D eigenvalue weighted by Crippen LogP contribution is -2.21. The highest BCUT2D eigenvalue weighted by molar-refractivity contribution is 6.39. The van der Waals surface area contributed by atoms with Gasteiger partial charge in [-0.1, -0.05) is 23.2 Å². The van der Waals surface area contributed by atoms with Gasteiger partial charge in [-0.25, -0.2) is 0 Å². The molecule has 0 unspecified atom stereocenters. The number of hydrogen-bond acceptors (Lipinski definition) is 2. The van der Waals surface area contributed by atoms with Crippen molar-refractivity contribution in [2.75, 3.05) is 11.2 Å². The monoisotopic (exact) mass is 269 g/mol. The van der Waals surface area contributed by atoms with Crippen molar-refractivity contribution < 1.29 is 4.79 Å². The fourth-order valence-corrected chi connectivity index (χ4v) is 1.79. The Morgan fingerprint density at radius 2 is 1.71 bits per heavy atom. The molecular weight excluding hydrogens is 261 g/mol. The Balaban J connectivity index is 2.26. The Morgan fingerprint density at radius 1 is 1.18 bits per heavy atom. The molecule has 0 spiro atoms. The molecule has 1 aromatic carbocycles. The average Bonchev–Trinajstić information content (AvgIpc) is 2.77. The summed E-state index contributed by atoms with van der Waals surface area (Å²) >= 11 is 11.7. The van der Waals surface area contributed by atoms with Crippen LogP contribution in [0.3, 0.4) is 0 Å². The SMILES string of the molecule is Nc1c(Cl)cc(C(=O)Nn2cccc2)cc1Cl. The molecule has 0 aliphatic rings. The molecular formula is C11H9Cl2N3O. The lowest BCUT2D eigenvalue weighted by Gasteiger charge is -2.08. The van der Waals surface area contributed by atoms with Gasteiger partial charge in [0.1, 0.15) is 0 Å². The smallest absolute Gasteiger partial charge is 0.270 e. The Labute approximate surface area is 108 Å². The van der Waals surface area contributed by atoms with E-state index >= 15 is 0 Å². The van der Waals surface area contributed by atoms with Crippen LogP contribution in [0.4, 0.5) is 5.69 Å². The number of benzene rings is 1. The van der Waals surface area contributed by atoms with Gasteiger partial charge in [0, 0.05) is 18.0 Å². The van der Waals surface area contributed by atoms with Crippen molar-refractivity contribution in [3.05, 3.63) is 52.3 Å². The number of carbonyl (C=O) groups excluding carboxylic acids is 1.